The first kappa shape index (κ1) is 11.5. The van der Waals surface area contributed by atoms with Crippen LogP contribution in [-0.4, -0.2) is 21.0 Å². The first-order chi connectivity index (χ1) is 8.16. The Balaban J connectivity index is 2.00. The van der Waals surface area contributed by atoms with Crippen LogP contribution in [0.2, 0.25) is 0 Å². The Morgan fingerprint density at radius 3 is 2.76 bits per heavy atom. The molecule has 2 N–H and O–H groups in total. The van der Waals surface area contributed by atoms with Gasteiger partial charge >= 0.3 is 5.97 Å². The molecule has 0 aromatic carbocycles. The van der Waals surface area contributed by atoms with Gasteiger partial charge in [-0.2, -0.15) is 11.3 Å². The van der Waals surface area contributed by atoms with Crippen LogP contribution < -0.4 is 5.32 Å². The molecular formula is C11H11N3O2S. The van der Waals surface area contributed by atoms with Gasteiger partial charge in [-0.15, -0.1) is 0 Å². The van der Waals surface area contributed by atoms with Crippen LogP contribution in [0.5, 0.6) is 0 Å². The molecule has 0 bridgehead atoms. The molecule has 5 nitrogen and oxygen atoms in total. The summed E-state index contributed by atoms with van der Waals surface area (Å²) in [6.45, 7) is 2.71. The summed E-state index contributed by atoms with van der Waals surface area (Å²) < 4.78 is 0. The van der Waals surface area contributed by atoms with Crippen LogP contribution >= 0.6 is 11.3 Å². The van der Waals surface area contributed by atoms with Crippen molar-refractivity contribution in [1.29, 1.82) is 0 Å². The van der Waals surface area contributed by atoms with Gasteiger partial charge in [0, 0.05) is 6.54 Å². The molecule has 6 heteroatoms. The Morgan fingerprint density at radius 2 is 2.24 bits per heavy atom. The van der Waals surface area contributed by atoms with Gasteiger partial charge in [0.2, 0.25) is 0 Å². The Kier molecular flexibility index (Phi) is 3.34. The van der Waals surface area contributed by atoms with Crippen molar-refractivity contribution in [1.82, 2.24) is 9.97 Å². The summed E-state index contributed by atoms with van der Waals surface area (Å²) in [5.74, 6) is -0.502. The zero-order chi connectivity index (χ0) is 12.3. The molecule has 17 heavy (non-hydrogen) atoms. The predicted molar refractivity (Wildman–Crippen MR) is 65.4 cm³/mol. The molecule has 0 saturated carbocycles. The number of rotatable bonds is 4. The van der Waals surface area contributed by atoms with E-state index in [9.17, 15) is 4.79 Å². The van der Waals surface area contributed by atoms with Crippen molar-refractivity contribution in [2.24, 2.45) is 0 Å². The van der Waals surface area contributed by atoms with Crippen LogP contribution in [0.1, 0.15) is 21.6 Å². The lowest BCUT2D eigenvalue weighted by molar-refractivity contribution is 0.0690. The van der Waals surface area contributed by atoms with E-state index < -0.39 is 5.97 Å². The number of hydrogen-bond acceptors (Lipinski definition) is 5. The van der Waals surface area contributed by atoms with E-state index >= 15 is 0 Å². The standard InChI is InChI=1S/C11H11N3O2S/c1-7-5-17-6-8(7)2-13-10-4-12-9(3-14-10)11(15)16/h3-6H,2H2,1H3,(H,13,14)(H,15,16). The summed E-state index contributed by atoms with van der Waals surface area (Å²) in [7, 11) is 0. The molecular weight excluding hydrogens is 238 g/mol. The second-order valence-electron chi connectivity index (χ2n) is 3.53. The van der Waals surface area contributed by atoms with E-state index in [4.69, 9.17) is 5.11 Å². The topological polar surface area (TPSA) is 75.1 Å². The Bertz CT molecular complexity index is 522. The minimum absolute atomic E-state index is 0.0535. The number of thiophene rings is 1. The minimum Gasteiger partial charge on any atom is -0.476 e. The molecule has 0 radical (unpaired) electrons. The van der Waals surface area contributed by atoms with Crippen molar-refractivity contribution in [3.05, 3.63) is 40.0 Å². The van der Waals surface area contributed by atoms with E-state index in [1.807, 2.05) is 6.92 Å². The Hall–Kier alpha value is -1.95. The van der Waals surface area contributed by atoms with Crippen LogP contribution in [0.4, 0.5) is 5.82 Å². The predicted octanol–water partition coefficient (Wildman–Crippen LogP) is 2.16. The number of aryl methyl sites for hydroxylation is 1. The van der Waals surface area contributed by atoms with Crippen LogP contribution in [0.25, 0.3) is 0 Å². The van der Waals surface area contributed by atoms with Gasteiger partial charge in [0.1, 0.15) is 5.82 Å². The molecule has 0 saturated heterocycles. The normalized spacial score (nSPS) is 10.2. The maximum absolute atomic E-state index is 10.6. The number of aromatic carboxylic acids is 1. The van der Waals surface area contributed by atoms with E-state index in [1.165, 1.54) is 23.5 Å². The van der Waals surface area contributed by atoms with Gasteiger partial charge in [0.05, 0.1) is 12.4 Å². The molecule has 2 aromatic heterocycles. The Morgan fingerprint density at radius 1 is 1.41 bits per heavy atom. The molecule has 0 atom stereocenters. The third kappa shape index (κ3) is 2.79. The first-order valence-electron chi connectivity index (χ1n) is 4.97. The third-order valence-corrected chi connectivity index (χ3v) is 3.20. The van der Waals surface area contributed by atoms with Gasteiger partial charge in [-0.3, -0.25) is 0 Å². The Labute approximate surface area is 102 Å². The average Bonchev–Trinajstić information content (AvgIpc) is 2.73. The van der Waals surface area contributed by atoms with Crippen molar-refractivity contribution in [2.75, 3.05) is 5.32 Å². The second kappa shape index (κ2) is 4.92. The lowest BCUT2D eigenvalue weighted by Gasteiger charge is -2.04. The molecule has 0 aliphatic rings. The summed E-state index contributed by atoms with van der Waals surface area (Å²) in [5, 5.41) is 15.9. The number of hydrogen-bond donors (Lipinski definition) is 2. The number of anilines is 1. The highest BCUT2D eigenvalue weighted by atomic mass is 32.1. The molecule has 0 aliphatic carbocycles. The fourth-order valence-corrected chi connectivity index (χ4v) is 2.14. The van der Waals surface area contributed by atoms with Gasteiger partial charge < -0.3 is 10.4 Å². The summed E-state index contributed by atoms with van der Waals surface area (Å²) in [6, 6.07) is 0. The molecule has 88 valence electrons. The SMILES string of the molecule is Cc1cscc1CNc1cnc(C(=O)O)cn1. The number of nitrogens with one attached hydrogen (secondary N) is 1. The van der Waals surface area contributed by atoms with E-state index in [0.29, 0.717) is 12.4 Å². The first-order valence-corrected chi connectivity index (χ1v) is 5.92. The van der Waals surface area contributed by atoms with Gasteiger partial charge in [-0.25, -0.2) is 14.8 Å². The summed E-state index contributed by atoms with van der Waals surface area (Å²) in [4.78, 5) is 18.3. The smallest absolute Gasteiger partial charge is 0.356 e. The maximum atomic E-state index is 10.6. The molecule has 2 rings (SSSR count). The molecule has 0 spiro atoms. The number of aromatic nitrogens is 2. The molecule has 0 amide bonds. The van der Waals surface area contributed by atoms with Crippen molar-refractivity contribution < 1.29 is 9.90 Å². The quantitative estimate of drug-likeness (QED) is 0.868. The molecule has 0 unspecified atom stereocenters. The highest BCUT2D eigenvalue weighted by molar-refractivity contribution is 7.08. The van der Waals surface area contributed by atoms with Crippen LogP contribution in [-0.2, 0) is 6.54 Å². The van der Waals surface area contributed by atoms with E-state index in [-0.39, 0.29) is 5.69 Å². The van der Waals surface area contributed by atoms with Gasteiger partial charge in [-0.1, -0.05) is 0 Å². The highest BCUT2D eigenvalue weighted by Crippen LogP contribution is 2.14. The van der Waals surface area contributed by atoms with Crippen LogP contribution in [0.3, 0.4) is 0 Å². The van der Waals surface area contributed by atoms with Crippen molar-refractivity contribution >= 4 is 23.1 Å². The number of carboxylic acid groups (broad SMARTS) is 1. The molecule has 0 fully saturated rings. The van der Waals surface area contributed by atoms with Crippen molar-refractivity contribution in [3.8, 4) is 0 Å². The zero-order valence-electron chi connectivity index (χ0n) is 9.17. The van der Waals surface area contributed by atoms with Gasteiger partial charge in [0.25, 0.3) is 0 Å². The van der Waals surface area contributed by atoms with E-state index in [1.54, 1.807) is 11.3 Å². The molecule has 2 heterocycles. The molecule has 0 aliphatic heterocycles. The number of carbonyl (C=O) groups is 1. The monoisotopic (exact) mass is 249 g/mol. The summed E-state index contributed by atoms with van der Waals surface area (Å²) in [5.41, 5.74) is 2.39. The largest absolute Gasteiger partial charge is 0.476 e. The van der Waals surface area contributed by atoms with Crippen molar-refractivity contribution in [2.45, 2.75) is 13.5 Å². The zero-order valence-corrected chi connectivity index (χ0v) is 9.99. The van der Waals surface area contributed by atoms with Crippen molar-refractivity contribution in [3.63, 3.8) is 0 Å². The minimum atomic E-state index is -1.07. The van der Waals surface area contributed by atoms with Gasteiger partial charge in [0.15, 0.2) is 5.69 Å². The van der Waals surface area contributed by atoms with E-state index in [0.717, 1.165) is 0 Å². The lowest BCUT2D eigenvalue weighted by atomic mass is 10.2. The van der Waals surface area contributed by atoms with Crippen LogP contribution in [0.15, 0.2) is 23.2 Å². The fourth-order valence-electron chi connectivity index (χ4n) is 1.28. The maximum Gasteiger partial charge on any atom is 0.356 e. The molecule has 2 aromatic rings. The number of carboxylic acids is 1. The summed E-state index contributed by atoms with van der Waals surface area (Å²) in [6.07, 6.45) is 2.66. The van der Waals surface area contributed by atoms with Gasteiger partial charge in [-0.05, 0) is 28.8 Å². The lowest BCUT2D eigenvalue weighted by Crippen LogP contribution is -2.05. The third-order valence-electron chi connectivity index (χ3n) is 2.29. The average molecular weight is 249 g/mol. The van der Waals surface area contributed by atoms with Crippen LogP contribution in [0, 0.1) is 6.92 Å². The van der Waals surface area contributed by atoms with E-state index in [2.05, 4.69) is 26.0 Å². The number of nitrogens with zero attached hydrogens (tertiary/aromatic N) is 2. The second-order valence-corrected chi connectivity index (χ2v) is 4.27. The fraction of sp³-hybridized carbons (Fsp3) is 0.182. The highest BCUT2D eigenvalue weighted by Gasteiger charge is 2.05. The summed E-state index contributed by atoms with van der Waals surface area (Å²) >= 11 is 1.65.